The van der Waals surface area contributed by atoms with Crippen LogP contribution in [0.25, 0.3) is 0 Å². The van der Waals surface area contributed by atoms with Crippen LogP contribution in [0.2, 0.25) is 5.02 Å². The molecule has 1 saturated heterocycles. The van der Waals surface area contributed by atoms with Crippen molar-refractivity contribution in [2.75, 3.05) is 30.8 Å². The SMILES string of the molecule is COc1ccc(Cl)cc1S(=O)(=O)c1cnc(N2CCC[C@@H](C)C2)nc1N. The van der Waals surface area contributed by atoms with Crippen LogP contribution >= 0.6 is 11.6 Å². The second kappa shape index (κ2) is 7.28. The van der Waals surface area contributed by atoms with Gasteiger partial charge in [-0.15, -0.1) is 0 Å². The first-order chi connectivity index (χ1) is 12.3. The zero-order chi connectivity index (χ0) is 18.9. The van der Waals surface area contributed by atoms with Crippen molar-refractivity contribution in [1.29, 1.82) is 0 Å². The van der Waals surface area contributed by atoms with E-state index < -0.39 is 9.84 Å². The van der Waals surface area contributed by atoms with E-state index in [0.717, 1.165) is 25.9 Å². The molecule has 0 spiro atoms. The summed E-state index contributed by atoms with van der Waals surface area (Å²) in [5.41, 5.74) is 5.98. The van der Waals surface area contributed by atoms with E-state index in [1.54, 1.807) is 6.07 Å². The van der Waals surface area contributed by atoms with E-state index in [4.69, 9.17) is 22.1 Å². The molecule has 0 radical (unpaired) electrons. The van der Waals surface area contributed by atoms with Crippen LogP contribution in [-0.4, -0.2) is 38.6 Å². The molecule has 2 aromatic rings. The number of aromatic nitrogens is 2. The molecule has 1 atom stereocenters. The third-order valence-corrected chi connectivity index (χ3v) is 6.44. The molecule has 140 valence electrons. The Morgan fingerprint density at radius 2 is 2.12 bits per heavy atom. The molecule has 9 heteroatoms. The van der Waals surface area contributed by atoms with E-state index in [2.05, 4.69) is 16.9 Å². The molecular weight excluding hydrogens is 376 g/mol. The summed E-state index contributed by atoms with van der Waals surface area (Å²) in [6, 6.07) is 4.38. The van der Waals surface area contributed by atoms with E-state index in [9.17, 15) is 8.42 Å². The monoisotopic (exact) mass is 396 g/mol. The molecule has 2 heterocycles. The number of methoxy groups -OCH3 is 1. The largest absolute Gasteiger partial charge is 0.495 e. The maximum absolute atomic E-state index is 13.0. The number of nitrogen functional groups attached to an aromatic ring is 1. The van der Waals surface area contributed by atoms with Gasteiger partial charge in [-0.1, -0.05) is 18.5 Å². The Kier molecular flexibility index (Phi) is 5.24. The number of ether oxygens (including phenoxy) is 1. The lowest BCUT2D eigenvalue weighted by Gasteiger charge is -2.31. The van der Waals surface area contributed by atoms with Gasteiger partial charge in [-0.3, -0.25) is 0 Å². The number of rotatable bonds is 4. The van der Waals surface area contributed by atoms with Gasteiger partial charge < -0.3 is 15.4 Å². The maximum atomic E-state index is 13.0. The number of hydrogen-bond acceptors (Lipinski definition) is 7. The zero-order valence-electron chi connectivity index (χ0n) is 14.6. The molecule has 2 N–H and O–H groups in total. The summed E-state index contributed by atoms with van der Waals surface area (Å²) >= 11 is 5.96. The molecule has 1 aliphatic rings. The molecule has 0 aliphatic carbocycles. The van der Waals surface area contributed by atoms with Gasteiger partial charge in [-0.05, 0) is 37.0 Å². The van der Waals surface area contributed by atoms with Gasteiger partial charge in [0.15, 0.2) is 0 Å². The van der Waals surface area contributed by atoms with Crippen LogP contribution in [0, 0.1) is 5.92 Å². The molecule has 1 aliphatic heterocycles. The summed E-state index contributed by atoms with van der Waals surface area (Å²) < 4.78 is 31.2. The van der Waals surface area contributed by atoms with Gasteiger partial charge in [0.1, 0.15) is 21.4 Å². The Morgan fingerprint density at radius 3 is 2.77 bits per heavy atom. The summed E-state index contributed by atoms with van der Waals surface area (Å²) in [7, 11) is -2.58. The summed E-state index contributed by atoms with van der Waals surface area (Å²) in [6.07, 6.45) is 3.46. The van der Waals surface area contributed by atoms with Gasteiger partial charge in [0, 0.05) is 18.1 Å². The Hall–Kier alpha value is -2.06. The molecule has 0 bridgehead atoms. The van der Waals surface area contributed by atoms with Crippen LogP contribution in [0.1, 0.15) is 19.8 Å². The topological polar surface area (TPSA) is 98.4 Å². The first-order valence-electron chi connectivity index (χ1n) is 8.29. The van der Waals surface area contributed by atoms with Gasteiger partial charge in [-0.2, -0.15) is 4.98 Å². The highest BCUT2D eigenvalue weighted by atomic mass is 35.5. The highest BCUT2D eigenvalue weighted by Crippen LogP contribution is 2.34. The summed E-state index contributed by atoms with van der Waals surface area (Å²) in [6.45, 7) is 3.82. The van der Waals surface area contributed by atoms with E-state index in [1.807, 2.05) is 4.90 Å². The van der Waals surface area contributed by atoms with Crippen LogP contribution in [0.5, 0.6) is 5.75 Å². The van der Waals surface area contributed by atoms with E-state index in [-0.39, 0.29) is 26.4 Å². The Bertz CT molecular complexity index is 920. The number of anilines is 2. The fourth-order valence-electron chi connectivity index (χ4n) is 3.08. The van der Waals surface area contributed by atoms with Crippen LogP contribution < -0.4 is 15.4 Å². The highest BCUT2D eigenvalue weighted by molar-refractivity contribution is 7.91. The Morgan fingerprint density at radius 1 is 1.35 bits per heavy atom. The molecule has 1 aromatic heterocycles. The minimum atomic E-state index is -3.97. The van der Waals surface area contributed by atoms with Crippen molar-refractivity contribution in [3.63, 3.8) is 0 Å². The van der Waals surface area contributed by atoms with Crippen LogP contribution in [-0.2, 0) is 9.84 Å². The molecule has 1 aromatic carbocycles. The Balaban J connectivity index is 2.00. The fraction of sp³-hybridized carbons (Fsp3) is 0.412. The van der Waals surface area contributed by atoms with Crippen LogP contribution in [0.3, 0.4) is 0 Å². The van der Waals surface area contributed by atoms with E-state index in [0.29, 0.717) is 11.9 Å². The van der Waals surface area contributed by atoms with Crippen molar-refractivity contribution in [3.8, 4) is 5.75 Å². The minimum absolute atomic E-state index is 0.0675. The summed E-state index contributed by atoms with van der Waals surface area (Å²) in [5.74, 6) is 1.08. The van der Waals surface area contributed by atoms with Crippen molar-refractivity contribution < 1.29 is 13.2 Å². The standard InChI is InChI=1S/C17H21ClN4O3S/c1-11-4-3-7-22(10-11)17-20-9-15(16(19)21-17)26(23,24)14-8-12(18)5-6-13(14)25-2/h5-6,8-9,11H,3-4,7,10H2,1-2H3,(H2,19,20,21)/t11-/m1/s1. The molecule has 1 fully saturated rings. The molecular formula is C17H21ClN4O3S. The smallest absolute Gasteiger partial charge is 0.227 e. The number of benzene rings is 1. The lowest BCUT2D eigenvalue weighted by Crippen LogP contribution is -2.35. The molecule has 3 rings (SSSR count). The first kappa shape index (κ1) is 18.7. The first-order valence-corrected chi connectivity index (χ1v) is 10.1. The molecule has 26 heavy (non-hydrogen) atoms. The number of nitrogens with two attached hydrogens (primary N) is 1. The number of sulfone groups is 1. The summed E-state index contributed by atoms with van der Waals surface area (Å²) in [4.78, 5) is 10.3. The average Bonchev–Trinajstić information content (AvgIpc) is 2.61. The number of piperidine rings is 1. The highest BCUT2D eigenvalue weighted by Gasteiger charge is 2.27. The number of halogens is 1. The Labute approximate surface area is 158 Å². The molecule has 0 saturated carbocycles. The van der Waals surface area contributed by atoms with Crippen LogP contribution in [0.15, 0.2) is 34.2 Å². The van der Waals surface area contributed by atoms with Crippen molar-refractivity contribution in [2.45, 2.75) is 29.6 Å². The normalized spacial score (nSPS) is 18.0. The predicted molar refractivity (Wildman–Crippen MR) is 101 cm³/mol. The maximum Gasteiger partial charge on any atom is 0.227 e. The quantitative estimate of drug-likeness (QED) is 0.848. The molecule has 0 amide bonds. The van der Waals surface area contributed by atoms with Gasteiger partial charge in [0.2, 0.25) is 15.8 Å². The van der Waals surface area contributed by atoms with Crippen molar-refractivity contribution in [3.05, 3.63) is 29.4 Å². The average molecular weight is 397 g/mol. The third-order valence-electron chi connectivity index (χ3n) is 4.41. The van der Waals surface area contributed by atoms with Crippen molar-refractivity contribution >= 4 is 33.2 Å². The minimum Gasteiger partial charge on any atom is -0.495 e. The lowest BCUT2D eigenvalue weighted by atomic mass is 10.0. The number of nitrogens with zero attached hydrogens (tertiary/aromatic N) is 3. The van der Waals surface area contributed by atoms with E-state index >= 15 is 0 Å². The van der Waals surface area contributed by atoms with Gasteiger partial charge >= 0.3 is 0 Å². The molecule has 0 unspecified atom stereocenters. The third kappa shape index (κ3) is 3.57. The molecule has 7 nitrogen and oxygen atoms in total. The predicted octanol–water partition coefficient (Wildman–Crippen LogP) is 2.79. The second-order valence-corrected chi connectivity index (χ2v) is 8.73. The zero-order valence-corrected chi connectivity index (χ0v) is 16.2. The van der Waals surface area contributed by atoms with Crippen molar-refractivity contribution in [1.82, 2.24) is 9.97 Å². The lowest BCUT2D eigenvalue weighted by molar-refractivity contribution is 0.402. The summed E-state index contributed by atoms with van der Waals surface area (Å²) in [5, 5.41) is 0.280. The van der Waals surface area contributed by atoms with Gasteiger partial charge in [0.25, 0.3) is 0 Å². The van der Waals surface area contributed by atoms with Crippen LogP contribution in [0.4, 0.5) is 11.8 Å². The van der Waals surface area contributed by atoms with E-state index in [1.165, 1.54) is 25.4 Å². The van der Waals surface area contributed by atoms with Gasteiger partial charge in [0.05, 0.1) is 13.3 Å². The second-order valence-electron chi connectivity index (χ2n) is 6.41. The van der Waals surface area contributed by atoms with Crippen molar-refractivity contribution in [2.24, 2.45) is 5.92 Å². The van der Waals surface area contributed by atoms with Gasteiger partial charge in [-0.25, -0.2) is 13.4 Å². The number of hydrogen-bond donors (Lipinski definition) is 1. The fourth-order valence-corrected chi connectivity index (χ4v) is 4.77.